The van der Waals surface area contributed by atoms with E-state index in [1.54, 1.807) is 0 Å². The lowest BCUT2D eigenvalue weighted by molar-refractivity contribution is 0.669. The Morgan fingerprint density at radius 2 is 1.14 bits per heavy atom. The van der Waals surface area contributed by atoms with Gasteiger partial charge in [0.1, 0.15) is 11.2 Å². The molecule has 1 spiro atoms. The molecule has 2 heteroatoms. The fraction of sp³-hybridized carbons (Fsp3) is 0.0364. The Morgan fingerprint density at radius 1 is 0.526 bits per heavy atom. The van der Waals surface area contributed by atoms with Gasteiger partial charge >= 0.3 is 0 Å². The Kier molecular flexibility index (Phi) is 7.49. The van der Waals surface area contributed by atoms with E-state index < -0.39 is 5.41 Å². The number of hydrogen-bond donors (Lipinski definition) is 0. The zero-order chi connectivity index (χ0) is 38.1. The van der Waals surface area contributed by atoms with Crippen LogP contribution >= 0.6 is 0 Å². The predicted molar refractivity (Wildman–Crippen MR) is 238 cm³/mol. The minimum Gasteiger partial charge on any atom is -0.455 e. The van der Waals surface area contributed by atoms with Gasteiger partial charge in [0.05, 0.1) is 11.1 Å². The van der Waals surface area contributed by atoms with Crippen LogP contribution in [0.3, 0.4) is 0 Å². The van der Waals surface area contributed by atoms with Gasteiger partial charge in [0.2, 0.25) is 0 Å². The molecule has 11 rings (SSSR count). The summed E-state index contributed by atoms with van der Waals surface area (Å²) in [4.78, 5) is 5.31. The predicted octanol–water partition coefficient (Wildman–Crippen LogP) is 14.2. The van der Waals surface area contributed by atoms with Crippen LogP contribution in [0.5, 0.6) is 0 Å². The fourth-order valence-electron chi connectivity index (χ4n) is 9.55. The van der Waals surface area contributed by atoms with E-state index in [9.17, 15) is 0 Å². The van der Waals surface area contributed by atoms with Gasteiger partial charge < -0.3 is 4.42 Å². The van der Waals surface area contributed by atoms with Crippen molar-refractivity contribution >= 4 is 38.9 Å². The molecule has 0 aliphatic heterocycles. The van der Waals surface area contributed by atoms with Crippen LogP contribution in [-0.2, 0) is 5.41 Å². The summed E-state index contributed by atoms with van der Waals surface area (Å²) >= 11 is 0. The largest absolute Gasteiger partial charge is 0.455 e. The van der Waals surface area contributed by atoms with E-state index in [2.05, 4.69) is 183 Å². The van der Waals surface area contributed by atoms with Crippen molar-refractivity contribution in [2.24, 2.45) is 4.99 Å². The van der Waals surface area contributed by atoms with Gasteiger partial charge in [-0.3, -0.25) is 4.99 Å². The highest BCUT2D eigenvalue weighted by atomic mass is 16.3. The molecule has 2 aliphatic carbocycles. The summed E-state index contributed by atoms with van der Waals surface area (Å²) in [7, 11) is 0. The molecule has 0 N–H and O–H groups in total. The van der Waals surface area contributed by atoms with Crippen molar-refractivity contribution < 1.29 is 4.42 Å². The Morgan fingerprint density at radius 3 is 1.95 bits per heavy atom. The normalized spacial score (nSPS) is 15.5. The molecule has 0 fully saturated rings. The van der Waals surface area contributed by atoms with Crippen LogP contribution in [0.15, 0.2) is 210 Å². The molecule has 268 valence electrons. The molecule has 9 aromatic rings. The van der Waals surface area contributed by atoms with E-state index in [0.29, 0.717) is 0 Å². The summed E-state index contributed by atoms with van der Waals surface area (Å²) < 4.78 is 6.78. The highest BCUT2D eigenvalue weighted by molar-refractivity contribution is 6.13. The van der Waals surface area contributed by atoms with Crippen LogP contribution < -0.4 is 0 Å². The first kappa shape index (κ1) is 33.1. The molecule has 0 bridgehead atoms. The zero-order valence-corrected chi connectivity index (χ0v) is 31.5. The van der Waals surface area contributed by atoms with Gasteiger partial charge in [0.25, 0.3) is 0 Å². The Labute approximate surface area is 332 Å². The minimum atomic E-state index is -0.540. The number of allylic oxidation sites excluding steroid dienone is 2. The molecule has 1 heterocycles. The van der Waals surface area contributed by atoms with Gasteiger partial charge in [0.15, 0.2) is 0 Å². The van der Waals surface area contributed by atoms with E-state index in [1.807, 2.05) is 24.3 Å². The third-order valence-corrected chi connectivity index (χ3v) is 12.0. The van der Waals surface area contributed by atoms with Crippen molar-refractivity contribution in [1.82, 2.24) is 0 Å². The van der Waals surface area contributed by atoms with Crippen molar-refractivity contribution in [1.29, 1.82) is 0 Å². The van der Waals surface area contributed by atoms with Gasteiger partial charge in [-0.05, 0) is 91.9 Å². The first-order valence-electron chi connectivity index (χ1n) is 19.6. The number of aliphatic imine (C=N–C) groups is 1. The molecule has 0 saturated heterocycles. The molecule has 1 unspecified atom stereocenters. The molecule has 8 aromatic carbocycles. The lowest BCUT2D eigenvalue weighted by Gasteiger charge is -2.32. The second-order valence-corrected chi connectivity index (χ2v) is 15.1. The Hall–Kier alpha value is -7.29. The standard InChI is InChI=1S/C55H37NO/c1-35(37-17-5-3-6-18-37)33-50(38-19-7-4-8-20-38)56-36(2)39-21-15-22-40(34-39)41-26-16-27-44-42-23-9-12-28-47(42)55(53(41)44)48-29-13-10-25-46(48)52-49(55)32-31-45-43-24-11-14-30-51(43)57-54(45)52/h3-34H,1H2,2H3/b50-33-,56-36?. The third-order valence-electron chi connectivity index (χ3n) is 12.0. The van der Waals surface area contributed by atoms with Gasteiger partial charge in [-0.1, -0.05) is 183 Å². The zero-order valence-electron chi connectivity index (χ0n) is 31.5. The Balaban J connectivity index is 1.11. The minimum absolute atomic E-state index is 0.540. The van der Waals surface area contributed by atoms with Gasteiger partial charge in [-0.25, -0.2) is 0 Å². The lowest BCUT2D eigenvalue weighted by atomic mass is 9.68. The summed E-state index contributed by atoms with van der Waals surface area (Å²) in [5.41, 5.74) is 19.7. The van der Waals surface area contributed by atoms with Crippen molar-refractivity contribution in [3.63, 3.8) is 0 Å². The van der Waals surface area contributed by atoms with E-state index in [-0.39, 0.29) is 0 Å². The van der Waals surface area contributed by atoms with Gasteiger partial charge in [-0.2, -0.15) is 0 Å². The van der Waals surface area contributed by atoms with Crippen molar-refractivity contribution in [2.75, 3.05) is 0 Å². The molecule has 2 nitrogen and oxygen atoms in total. The molecule has 2 aliphatic rings. The number of para-hydroxylation sites is 1. The first-order chi connectivity index (χ1) is 28.1. The molecular weight excluding hydrogens is 691 g/mol. The average molecular weight is 728 g/mol. The quantitative estimate of drug-likeness (QED) is 0.124. The van der Waals surface area contributed by atoms with Gasteiger partial charge in [-0.15, -0.1) is 0 Å². The summed E-state index contributed by atoms with van der Waals surface area (Å²) in [6.07, 6.45) is 2.09. The topological polar surface area (TPSA) is 25.5 Å². The van der Waals surface area contributed by atoms with Crippen LogP contribution in [0.1, 0.15) is 45.9 Å². The number of benzene rings is 8. The highest BCUT2D eigenvalue weighted by Crippen LogP contribution is 2.65. The highest BCUT2D eigenvalue weighted by Gasteiger charge is 2.53. The van der Waals surface area contributed by atoms with Crippen LogP contribution in [0, 0.1) is 0 Å². The average Bonchev–Trinajstić information content (AvgIpc) is 3.91. The molecule has 0 saturated carbocycles. The summed E-state index contributed by atoms with van der Waals surface area (Å²) in [6, 6.07) is 67.4. The summed E-state index contributed by atoms with van der Waals surface area (Å²) in [6.45, 7) is 6.52. The van der Waals surface area contributed by atoms with E-state index in [4.69, 9.17) is 9.41 Å². The van der Waals surface area contributed by atoms with Crippen molar-refractivity contribution in [2.45, 2.75) is 12.3 Å². The van der Waals surface area contributed by atoms with Crippen molar-refractivity contribution in [3.8, 4) is 33.4 Å². The summed E-state index contributed by atoms with van der Waals surface area (Å²) in [5, 5.41) is 2.29. The molecular formula is C55H37NO. The molecule has 0 amide bonds. The molecule has 1 aromatic heterocycles. The third kappa shape index (κ3) is 4.94. The first-order valence-corrected chi connectivity index (χ1v) is 19.6. The monoisotopic (exact) mass is 727 g/mol. The number of nitrogens with zero attached hydrogens (tertiary/aromatic N) is 1. The SMILES string of the molecule is C=C(/C=C(\N=C(C)c1cccc(-c2cccc3c2C2(c4ccccc4-3)c3ccccc3-c3c2ccc2c3oc3ccccc32)c1)c1ccccc1)c1ccccc1. The Bertz CT molecular complexity index is 3140. The van der Waals surface area contributed by atoms with Crippen LogP contribution in [0.25, 0.3) is 66.6 Å². The molecule has 1 atom stereocenters. The van der Waals surface area contributed by atoms with Gasteiger partial charge in [0, 0.05) is 27.6 Å². The van der Waals surface area contributed by atoms with E-state index in [0.717, 1.165) is 61.2 Å². The number of hydrogen-bond acceptors (Lipinski definition) is 2. The van der Waals surface area contributed by atoms with E-state index >= 15 is 0 Å². The van der Waals surface area contributed by atoms with E-state index in [1.165, 1.54) is 50.1 Å². The second-order valence-electron chi connectivity index (χ2n) is 15.1. The fourth-order valence-corrected chi connectivity index (χ4v) is 9.55. The maximum atomic E-state index is 6.78. The second kappa shape index (κ2) is 12.9. The smallest absolute Gasteiger partial charge is 0.143 e. The maximum absolute atomic E-state index is 6.78. The molecule has 0 radical (unpaired) electrons. The summed E-state index contributed by atoms with van der Waals surface area (Å²) in [5.74, 6) is 0. The van der Waals surface area contributed by atoms with Crippen molar-refractivity contribution in [3.05, 3.63) is 240 Å². The number of furan rings is 1. The molecule has 57 heavy (non-hydrogen) atoms. The lowest BCUT2D eigenvalue weighted by Crippen LogP contribution is -2.26. The number of rotatable bonds is 6. The number of fused-ring (bicyclic) bond motifs is 14. The van der Waals surface area contributed by atoms with Crippen LogP contribution in [-0.4, -0.2) is 5.71 Å². The maximum Gasteiger partial charge on any atom is 0.143 e. The van der Waals surface area contributed by atoms with Crippen LogP contribution in [0.2, 0.25) is 0 Å². The van der Waals surface area contributed by atoms with Crippen LogP contribution in [0.4, 0.5) is 0 Å².